The smallest absolute Gasteiger partial charge is 0.229 e. The normalized spacial score (nSPS) is 17.2. The van der Waals surface area contributed by atoms with Crippen molar-refractivity contribution in [1.29, 1.82) is 0 Å². The van der Waals surface area contributed by atoms with Gasteiger partial charge in [0, 0.05) is 13.0 Å². The number of rotatable bonds is 3. The van der Waals surface area contributed by atoms with Gasteiger partial charge >= 0.3 is 0 Å². The Balaban J connectivity index is 1.77. The predicted molar refractivity (Wildman–Crippen MR) is 81.8 cm³/mol. The van der Waals surface area contributed by atoms with E-state index in [9.17, 15) is 22.8 Å². The molecule has 1 fully saturated rings. The van der Waals surface area contributed by atoms with Crippen LogP contribution in [0.4, 0.5) is 24.5 Å². The van der Waals surface area contributed by atoms with E-state index < -0.39 is 40.9 Å². The van der Waals surface area contributed by atoms with Crippen LogP contribution in [-0.2, 0) is 9.59 Å². The Morgan fingerprint density at radius 3 is 2.29 bits per heavy atom. The number of carbonyl (C=O) groups excluding carboxylic acids is 2. The molecular weight excluding hydrogens is 321 g/mol. The van der Waals surface area contributed by atoms with Crippen molar-refractivity contribution >= 4 is 23.2 Å². The van der Waals surface area contributed by atoms with E-state index in [0.717, 1.165) is 17.0 Å². The zero-order valence-corrected chi connectivity index (χ0v) is 12.4. The van der Waals surface area contributed by atoms with Crippen molar-refractivity contribution in [2.45, 2.75) is 6.42 Å². The molecule has 0 aromatic heterocycles. The average Bonchev–Trinajstić information content (AvgIpc) is 2.91. The molecule has 0 radical (unpaired) electrons. The summed E-state index contributed by atoms with van der Waals surface area (Å²) in [5.74, 6) is -4.32. The summed E-state index contributed by atoms with van der Waals surface area (Å²) in [6, 6.07) is 8.88. The summed E-state index contributed by atoms with van der Waals surface area (Å²) >= 11 is 0. The number of anilines is 2. The highest BCUT2D eigenvalue weighted by molar-refractivity contribution is 6.03. The molecule has 3 rings (SSSR count). The topological polar surface area (TPSA) is 49.4 Å². The van der Waals surface area contributed by atoms with Crippen LogP contribution in [0.1, 0.15) is 6.42 Å². The van der Waals surface area contributed by atoms with Crippen molar-refractivity contribution in [1.82, 2.24) is 0 Å². The summed E-state index contributed by atoms with van der Waals surface area (Å²) in [4.78, 5) is 25.2. The number of nitrogens with zero attached hydrogens (tertiary/aromatic N) is 1. The standard InChI is InChI=1S/C17H13F3N2O2/c18-11-4-1-2-7-14(11)21-17(24)10-8-15(23)22(9-10)16-12(19)5-3-6-13(16)20/h1-7,10H,8-9H2,(H,21,24). The van der Waals surface area contributed by atoms with Gasteiger partial charge in [0.25, 0.3) is 0 Å². The number of carbonyl (C=O) groups is 2. The Kier molecular flexibility index (Phi) is 4.24. The number of hydrogen-bond donors (Lipinski definition) is 1. The van der Waals surface area contributed by atoms with Crippen molar-refractivity contribution in [2.75, 3.05) is 16.8 Å². The van der Waals surface area contributed by atoms with Crippen LogP contribution in [0.3, 0.4) is 0 Å². The molecule has 1 aliphatic heterocycles. The fourth-order valence-corrected chi connectivity index (χ4v) is 2.64. The zero-order valence-electron chi connectivity index (χ0n) is 12.4. The van der Waals surface area contributed by atoms with Crippen molar-refractivity contribution in [2.24, 2.45) is 5.92 Å². The lowest BCUT2D eigenvalue weighted by Gasteiger charge is -2.18. The summed E-state index contributed by atoms with van der Waals surface area (Å²) in [5, 5.41) is 2.39. The number of para-hydroxylation sites is 2. The molecule has 0 spiro atoms. The van der Waals surface area contributed by atoms with Crippen molar-refractivity contribution in [3.8, 4) is 0 Å². The molecule has 1 heterocycles. The van der Waals surface area contributed by atoms with Gasteiger partial charge < -0.3 is 10.2 Å². The van der Waals surface area contributed by atoms with Gasteiger partial charge in [0.1, 0.15) is 23.1 Å². The molecule has 7 heteroatoms. The van der Waals surface area contributed by atoms with E-state index in [4.69, 9.17) is 0 Å². The SMILES string of the molecule is O=C(Nc1ccccc1F)C1CC(=O)N(c2c(F)cccc2F)C1. The highest BCUT2D eigenvalue weighted by Crippen LogP contribution is 2.30. The number of hydrogen-bond acceptors (Lipinski definition) is 2. The maximum Gasteiger partial charge on any atom is 0.229 e. The van der Waals surface area contributed by atoms with Crippen LogP contribution in [0.25, 0.3) is 0 Å². The molecule has 1 atom stereocenters. The van der Waals surface area contributed by atoms with Crippen molar-refractivity contribution < 1.29 is 22.8 Å². The van der Waals surface area contributed by atoms with Gasteiger partial charge in [-0.05, 0) is 24.3 Å². The van der Waals surface area contributed by atoms with E-state index in [2.05, 4.69) is 5.32 Å². The average molecular weight is 334 g/mol. The van der Waals surface area contributed by atoms with Gasteiger partial charge in [-0.25, -0.2) is 13.2 Å². The van der Waals surface area contributed by atoms with Gasteiger partial charge in [-0.3, -0.25) is 9.59 Å². The third-order valence-electron chi connectivity index (χ3n) is 3.84. The predicted octanol–water partition coefficient (Wildman–Crippen LogP) is 3.10. The summed E-state index contributed by atoms with van der Waals surface area (Å²) in [6.45, 7) is -0.170. The Labute approximate surface area is 135 Å². The van der Waals surface area contributed by atoms with E-state index in [0.29, 0.717) is 0 Å². The highest BCUT2D eigenvalue weighted by Gasteiger charge is 2.37. The lowest BCUT2D eigenvalue weighted by molar-refractivity contribution is -0.122. The van der Waals surface area contributed by atoms with Crippen LogP contribution in [-0.4, -0.2) is 18.4 Å². The van der Waals surface area contributed by atoms with Crippen LogP contribution >= 0.6 is 0 Å². The Morgan fingerprint density at radius 2 is 1.62 bits per heavy atom. The van der Waals surface area contributed by atoms with Gasteiger partial charge in [-0.2, -0.15) is 0 Å². The molecule has 1 saturated heterocycles. The molecule has 1 aliphatic rings. The summed E-state index contributed by atoms with van der Waals surface area (Å²) in [5.41, 5.74) is -0.478. The van der Waals surface area contributed by atoms with Crippen molar-refractivity contribution in [3.63, 3.8) is 0 Å². The molecule has 2 amide bonds. The van der Waals surface area contributed by atoms with Gasteiger partial charge in [0.05, 0.1) is 11.6 Å². The first-order valence-electron chi connectivity index (χ1n) is 7.27. The molecule has 124 valence electrons. The molecule has 0 saturated carbocycles. The highest BCUT2D eigenvalue weighted by atomic mass is 19.1. The second-order valence-corrected chi connectivity index (χ2v) is 5.44. The number of benzene rings is 2. The van der Waals surface area contributed by atoms with Gasteiger partial charge in [-0.15, -0.1) is 0 Å². The van der Waals surface area contributed by atoms with Crippen LogP contribution in [0.2, 0.25) is 0 Å². The first kappa shape index (κ1) is 16.0. The maximum atomic E-state index is 13.8. The molecular formula is C17H13F3N2O2. The number of halogens is 3. The molecule has 1 unspecified atom stereocenters. The zero-order chi connectivity index (χ0) is 17.3. The van der Waals surface area contributed by atoms with E-state index in [-0.39, 0.29) is 18.7 Å². The van der Waals surface area contributed by atoms with E-state index in [1.54, 1.807) is 6.07 Å². The van der Waals surface area contributed by atoms with Crippen LogP contribution in [0, 0.1) is 23.4 Å². The summed E-state index contributed by atoms with van der Waals surface area (Å²) < 4.78 is 41.2. The minimum atomic E-state index is -0.876. The lowest BCUT2D eigenvalue weighted by atomic mass is 10.1. The summed E-state index contributed by atoms with van der Waals surface area (Å²) in [6.07, 6.45) is -0.200. The molecule has 0 bridgehead atoms. The molecule has 2 aromatic carbocycles. The quantitative estimate of drug-likeness (QED) is 0.938. The molecule has 1 N–H and O–H groups in total. The summed E-state index contributed by atoms with van der Waals surface area (Å²) in [7, 11) is 0. The van der Waals surface area contributed by atoms with Gasteiger partial charge in [0.2, 0.25) is 11.8 Å². The van der Waals surface area contributed by atoms with E-state index in [1.165, 1.54) is 24.3 Å². The molecule has 2 aromatic rings. The largest absolute Gasteiger partial charge is 0.323 e. The van der Waals surface area contributed by atoms with Crippen LogP contribution < -0.4 is 10.2 Å². The second kappa shape index (κ2) is 6.35. The molecule has 0 aliphatic carbocycles. The fourth-order valence-electron chi connectivity index (χ4n) is 2.64. The number of nitrogens with one attached hydrogen (secondary N) is 1. The van der Waals surface area contributed by atoms with Crippen LogP contribution in [0.5, 0.6) is 0 Å². The molecule has 4 nitrogen and oxygen atoms in total. The second-order valence-electron chi connectivity index (χ2n) is 5.44. The van der Waals surface area contributed by atoms with E-state index in [1.807, 2.05) is 0 Å². The third-order valence-corrected chi connectivity index (χ3v) is 3.84. The van der Waals surface area contributed by atoms with Crippen LogP contribution in [0.15, 0.2) is 42.5 Å². The van der Waals surface area contributed by atoms with E-state index >= 15 is 0 Å². The monoisotopic (exact) mass is 334 g/mol. The van der Waals surface area contributed by atoms with Crippen molar-refractivity contribution in [3.05, 3.63) is 59.9 Å². The number of amides is 2. The van der Waals surface area contributed by atoms with Gasteiger partial charge in [-0.1, -0.05) is 18.2 Å². The first-order valence-corrected chi connectivity index (χ1v) is 7.27. The minimum Gasteiger partial charge on any atom is -0.323 e. The van der Waals surface area contributed by atoms with Gasteiger partial charge in [0.15, 0.2) is 0 Å². The Bertz CT molecular complexity index is 790. The first-order chi connectivity index (χ1) is 11.5. The third kappa shape index (κ3) is 2.97. The maximum absolute atomic E-state index is 13.8. The fraction of sp³-hybridized carbons (Fsp3) is 0.176. The Hall–Kier alpha value is -2.83. The minimum absolute atomic E-state index is 0.00882. The molecule has 24 heavy (non-hydrogen) atoms. The lowest BCUT2D eigenvalue weighted by Crippen LogP contribution is -2.29. The Morgan fingerprint density at radius 1 is 1.00 bits per heavy atom.